The second kappa shape index (κ2) is 5.07. The summed E-state index contributed by atoms with van der Waals surface area (Å²) >= 11 is 0. The normalized spacial score (nSPS) is 16.9. The van der Waals surface area contributed by atoms with Gasteiger partial charge in [0.2, 0.25) is 5.91 Å². The van der Waals surface area contributed by atoms with Gasteiger partial charge in [-0.2, -0.15) is 5.26 Å². The van der Waals surface area contributed by atoms with Crippen LogP contribution in [-0.2, 0) is 4.79 Å². The van der Waals surface area contributed by atoms with Gasteiger partial charge in [-0.15, -0.1) is 0 Å². The maximum Gasteiger partial charge on any atom is 0.245 e. The second-order valence-electron chi connectivity index (χ2n) is 4.23. The van der Waals surface area contributed by atoms with E-state index < -0.39 is 6.04 Å². The van der Waals surface area contributed by atoms with Crippen molar-refractivity contribution in [2.75, 3.05) is 23.3 Å². The Bertz CT molecular complexity index is 506. The van der Waals surface area contributed by atoms with Crippen LogP contribution in [0.3, 0.4) is 0 Å². The summed E-state index contributed by atoms with van der Waals surface area (Å²) in [6, 6.07) is 7.31. The van der Waals surface area contributed by atoms with E-state index in [1.807, 2.05) is 25.1 Å². The summed E-state index contributed by atoms with van der Waals surface area (Å²) in [7, 11) is 0. The van der Waals surface area contributed by atoms with Crippen molar-refractivity contribution in [1.82, 2.24) is 0 Å². The number of anilines is 2. The zero-order valence-electron chi connectivity index (χ0n) is 10.3. The third kappa shape index (κ3) is 2.15. The summed E-state index contributed by atoms with van der Waals surface area (Å²) in [5.74, 6) is -0.165. The van der Waals surface area contributed by atoms with Gasteiger partial charge in [0, 0.05) is 30.0 Å². The number of carbonyl (C=O) groups excluding carboxylic acids is 1. The number of hydrogen-bond acceptors (Lipinski definition) is 4. The molecule has 1 aliphatic rings. The first-order valence-electron chi connectivity index (χ1n) is 5.99. The molecule has 18 heavy (non-hydrogen) atoms. The van der Waals surface area contributed by atoms with Gasteiger partial charge in [-0.1, -0.05) is 6.07 Å². The van der Waals surface area contributed by atoms with Gasteiger partial charge >= 0.3 is 0 Å². The standard InChI is InChI=1S/C13H16N4O/c1-2-17(7-3-6-14)9-4-5-10-11(8-9)16-13(18)12(10)15/h4-5,8,12H,2-3,7,15H2,1H3,(H,16,18). The molecule has 1 aromatic carbocycles. The monoisotopic (exact) mass is 244 g/mol. The Balaban J connectivity index is 2.24. The van der Waals surface area contributed by atoms with Gasteiger partial charge in [0.25, 0.3) is 0 Å². The quantitative estimate of drug-likeness (QED) is 0.838. The zero-order chi connectivity index (χ0) is 13.1. The Morgan fingerprint density at radius 1 is 1.56 bits per heavy atom. The molecule has 0 spiro atoms. The Morgan fingerprint density at radius 2 is 2.33 bits per heavy atom. The summed E-state index contributed by atoms with van der Waals surface area (Å²) in [6.07, 6.45) is 0.483. The largest absolute Gasteiger partial charge is 0.371 e. The summed E-state index contributed by atoms with van der Waals surface area (Å²) in [4.78, 5) is 13.6. The Morgan fingerprint density at radius 3 is 3.00 bits per heavy atom. The third-order valence-corrected chi connectivity index (χ3v) is 3.15. The van der Waals surface area contributed by atoms with Gasteiger partial charge in [0.1, 0.15) is 6.04 Å². The lowest BCUT2D eigenvalue weighted by atomic mass is 10.1. The molecule has 0 saturated heterocycles. The van der Waals surface area contributed by atoms with Crippen LogP contribution in [0.15, 0.2) is 18.2 Å². The predicted molar refractivity (Wildman–Crippen MR) is 70.1 cm³/mol. The molecule has 5 heteroatoms. The lowest BCUT2D eigenvalue weighted by Gasteiger charge is -2.22. The average Bonchev–Trinajstić information content (AvgIpc) is 2.66. The van der Waals surface area contributed by atoms with E-state index in [9.17, 15) is 4.79 Å². The maximum absolute atomic E-state index is 11.5. The van der Waals surface area contributed by atoms with Gasteiger partial charge in [-0.25, -0.2) is 0 Å². The van der Waals surface area contributed by atoms with Crippen LogP contribution in [0.25, 0.3) is 0 Å². The van der Waals surface area contributed by atoms with Gasteiger partial charge in [-0.3, -0.25) is 4.79 Å². The molecule has 1 atom stereocenters. The molecule has 1 amide bonds. The average molecular weight is 244 g/mol. The van der Waals surface area contributed by atoms with Crippen LogP contribution in [-0.4, -0.2) is 19.0 Å². The molecule has 94 valence electrons. The summed E-state index contributed by atoms with van der Waals surface area (Å²) < 4.78 is 0. The smallest absolute Gasteiger partial charge is 0.245 e. The number of fused-ring (bicyclic) bond motifs is 1. The van der Waals surface area contributed by atoms with E-state index >= 15 is 0 Å². The molecular formula is C13H16N4O. The van der Waals surface area contributed by atoms with Crippen molar-refractivity contribution in [3.63, 3.8) is 0 Å². The number of benzene rings is 1. The summed E-state index contributed by atoms with van der Waals surface area (Å²) in [6.45, 7) is 3.54. The van der Waals surface area contributed by atoms with Gasteiger partial charge in [0.05, 0.1) is 12.5 Å². The fourth-order valence-electron chi connectivity index (χ4n) is 2.13. The molecule has 0 aliphatic carbocycles. The van der Waals surface area contributed by atoms with Crippen LogP contribution in [0.2, 0.25) is 0 Å². The number of nitriles is 1. The molecule has 0 bridgehead atoms. The number of nitrogens with one attached hydrogen (secondary N) is 1. The molecule has 1 heterocycles. The number of carbonyl (C=O) groups is 1. The highest BCUT2D eigenvalue weighted by molar-refractivity contribution is 6.02. The molecule has 0 fully saturated rings. The van der Waals surface area contributed by atoms with Crippen molar-refractivity contribution >= 4 is 17.3 Å². The molecule has 3 N–H and O–H groups in total. The van der Waals surface area contributed by atoms with Gasteiger partial charge in [-0.05, 0) is 19.1 Å². The Hall–Kier alpha value is -2.06. The highest BCUT2D eigenvalue weighted by Crippen LogP contribution is 2.32. The van der Waals surface area contributed by atoms with E-state index in [0.717, 1.165) is 23.5 Å². The summed E-state index contributed by atoms with van der Waals surface area (Å²) in [5, 5.41) is 11.4. The fraction of sp³-hybridized carbons (Fsp3) is 0.385. The highest BCUT2D eigenvalue weighted by atomic mass is 16.2. The SMILES string of the molecule is CCN(CCC#N)c1ccc2c(c1)NC(=O)C2N. The molecule has 0 radical (unpaired) electrons. The van der Waals surface area contributed by atoms with E-state index in [0.29, 0.717) is 13.0 Å². The molecule has 1 aliphatic heterocycles. The fourth-order valence-corrected chi connectivity index (χ4v) is 2.13. The molecule has 1 aromatic rings. The number of hydrogen-bond donors (Lipinski definition) is 2. The van der Waals surface area contributed by atoms with Crippen molar-refractivity contribution < 1.29 is 4.79 Å². The van der Waals surface area contributed by atoms with E-state index in [-0.39, 0.29) is 5.91 Å². The first kappa shape index (κ1) is 12.4. The first-order chi connectivity index (χ1) is 8.67. The van der Waals surface area contributed by atoms with E-state index in [4.69, 9.17) is 11.0 Å². The maximum atomic E-state index is 11.5. The van der Waals surface area contributed by atoms with Crippen molar-refractivity contribution in [3.8, 4) is 6.07 Å². The first-order valence-corrected chi connectivity index (χ1v) is 5.99. The summed E-state index contributed by atoms with van der Waals surface area (Å²) in [5.41, 5.74) is 8.37. The number of amides is 1. The van der Waals surface area contributed by atoms with Crippen LogP contribution in [0.5, 0.6) is 0 Å². The molecule has 0 aromatic heterocycles. The molecule has 1 unspecified atom stereocenters. The van der Waals surface area contributed by atoms with E-state index in [2.05, 4.69) is 16.3 Å². The number of nitrogens with two attached hydrogens (primary N) is 1. The molecule has 2 rings (SSSR count). The lowest BCUT2D eigenvalue weighted by molar-refractivity contribution is -0.116. The molecule has 5 nitrogen and oxygen atoms in total. The topological polar surface area (TPSA) is 82.2 Å². The van der Waals surface area contributed by atoms with Gasteiger partial charge in [0.15, 0.2) is 0 Å². The second-order valence-corrected chi connectivity index (χ2v) is 4.23. The van der Waals surface area contributed by atoms with Crippen LogP contribution >= 0.6 is 0 Å². The Labute approximate surface area is 106 Å². The van der Waals surface area contributed by atoms with Crippen LogP contribution < -0.4 is 16.0 Å². The predicted octanol–water partition coefficient (Wildman–Crippen LogP) is 1.38. The Kier molecular flexibility index (Phi) is 3.49. The van der Waals surface area contributed by atoms with E-state index in [1.165, 1.54) is 0 Å². The highest BCUT2D eigenvalue weighted by Gasteiger charge is 2.27. The zero-order valence-corrected chi connectivity index (χ0v) is 10.3. The van der Waals surface area contributed by atoms with Crippen molar-refractivity contribution in [3.05, 3.63) is 23.8 Å². The minimum atomic E-state index is -0.566. The van der Waals surface area contributed by atoms with Crippen LogP contribution in [0.1, 0.15) is 24.9 Å². The van der Waals surface area contributed by atoms with Crippen molar-refractivity contribution in [1.29, 1.82) is 5.26 Å². The number of nitrogens with zero attached hydrogens (tertiary/aromatic N) is 2. The minimum absolute atomic E-state index is 0.165. The lowest BCUT2D eigenvalue weighted by Crippen LogP contribution is -2.23. The molecular weight excluding hydrogens is 228 g/mol. The van der Waals surface area contributed by atoms with Crippen LogP contribution in [0.4, 0.5) is 11.4 Å². The minimum Gasteiger partial charge on any atom is -0.371 e. The molecule has 0 saturated carbocycles. The van der Waals surface area contributed by atoms with Crippen LogP contribution in [0, 0.1) is 11.3 Å². The van der Waals surface area contributed by atoms with Crippen molar-refractivity contribution in [2.24, 2.45) is 5.73 Å². The third-order valence-electron chi connectivity index (χ3n) is 3.15. The van der Waals surface area contributed by atoms with E-state index in [1.54, 1.807) is 0 Å². The number of rotatable bonds is 4. The van der Waals surface area contributed by atoms with Crippen molar-refractivity contribution in [2.45, 2.75) is 19.4 Å². The van der Waals surface area contributed by atoms with Gasteiger partial charge < -0.3 is 16.0 Å².